The zero-order valence-corrected chi connectivity index (χ0v) is 7.79. The Hall–Kier alpha value is -0.570. The second kappa shape index (κ2) is 3.90. The molecule has 12 heavy (non-hydrogen) atoms. The second-order valence-corrected chi connectivity index (χ2v) is 3.63. The summed E-state index contributed by atoms with van der Waals surface area (Å²) in [4.78, 5) is 13.1. The molecule has 2 unspecified atom stereocenters. The van der Waals surface area contributed by atoms with Crippen LogP contribution in [-0.4, -0.2) is 35.1 Å². The zero-order chi connectivity index (χ0) is 9.14. The summed E-state index contributed by atoms with van der Waals surface area (Å²) in [6.45, 7) is 5.14. The fourth-order valence-electron chi connectivity index (χ4n) is 1.62. The van der Waals surface area contributed by atoms with Gasteiger partial charge in [0, 0.05) is 19.5 Å². The minimum absolute atomic E-state index is 0.197. The van der Waals surface area contributed by atoms with Gasteiger partial charge in [0.15, 0.2) is 0 Å². The number of carbonyl (C=O) groups excluding carboxylic acids is 1. The summed E-state index contributed by atoms with van der Waals surface area (Å²) >= 11 is 0. The van der Waals surface area contributed by atoms with Crippen LogP contribution in [0.15, 0.2) is 0 Å². The first-order valence-electron chi connectivity index (χ1n) is 4.59. The summed E-state index contributed by atoms with van der Waals surface area (Å²) in [5.41, 5.74) is 0. The lowest BCUT2D eigenvalue weighted by Gasteiger charge is -2.17. The molecule has 2 atom stereocenters. The molecule has 1 saturated heterocycles. The van der Waals surface area contributed by atoms with Crippen molar-refractivity contribution in [1.82, 2.24) is 4.90 Å². The van der Waals surface area contributed by atoms with Gasteiger partial charge in [0.1, 0.15) is 0 Å². The molecule has 0 bridgehead atoms. The molecule has 1 N–H and O–H groups in total. The lowest BCUT2D eigenvalue weighted by molar-refractivity contribution is -0.128. The van der Waals surface area contributed by atoms with E-state index in [1.807, 2.05) is 0 Å². The number of carbonyl (C=O) groups is 1. The monoisotopic (exact) mass is 171 g/mol. The number of hydrogen-bond acceptors (Lipinski definition) is 2. The average Bonchev–Trinajstić information content (AvgIpc) is 2.31. The van der Waals surface area contributed by atoms with Gasteiger partial charge in [-0.3, -0.25) is 4.79 Å². The van der Waals surface area contributed by atoms with E-state index in [4.69, 9.17) is 5.11 Å². The molecule has 1 aliphatic heterocycles. The molecule has 0 saturated carbocycles. The van der Waals surface area contributed by atoms with E-state index in [1.54, 1.807) is 11.8 Å². The predicted molar refractivity (Wildman–Crippen MR) is 46.7 cm³/mol. The van der Waals surface area contributed by atoms with Crippen molar-refractivity contribution in [2.75, 3.05) is 13.1 Å². The van der Waals surface area contributed by atoms with E-state index in [1.165, 1.54) is 0 Å². The van der Waals surface area contributed by atoms with Gasteiger partial charge in [-0.05, 0) is 12.8 Å². The van der Waals surface area contributed by atoms with E-state index in [2.05, 4.69) is 6.92 Å². The first-order valence-corrected chi connectivity index (χ1v) is 4.59. The molecule has 1 aliphatic rings. The van der Waals surface area contributed by atoms with Crippen LogP contribution in [0.5, 0.6) is 0 Å². The highest BCUT2D eigenvalue weighted by atomic mass is 16.3. The summed E-state index contributed by atoms with van der Waals surface area (Å²) in [5, 5.41) is 9.10. The second-order valence-electron chi connectivity index (χ2n) is 3.63. The van der Waals surface area contributed by atoms with Gasteiger partial charge in [0.2, 0.25) is 5.91 Å². The highest BCUT2D eigenvalue weighted by Gasteiger charge is 2.28. The Morgan fingerprint density at radius 3 is 2.83 bits per heavy atom. The fourth-order valence-corrected chi connectivity index (χ4v) is 1.62. The number of hydrogen-bond donors (Lipinski definition) is 1. The number of amides is 1. The summed E-state index contributed by atoms with van der Waals surface area (Å²) in [5.74, 6) is 0.707. The van der Waals surface area contributed by atoms with E-state index in [0.717, 1.165) is 13.0 Å². The van der Waals surface area contributed by atoms with Crippen LogP contribution in [0.1, 0.15) is 26.7 Å². The molecular weight excluding hydrogens is 154 g/mol. The Balaban J connectivity index is 2.41. The third kappa shape index (κ3) is 2.21. The van der Waals surface area contributed by atoms with Crippen LogP contribution in [0.2, 0.25) is 0 Å². The largest absolute Gasteiger partial charge is 0.392 e. The lowest BCUT2D eigenvalue weighted by atomic mass is 10.1. The minimum Gasteiger partial charge on any atom is -0.392 e. The van der Waals surface area contributed by atoms with Crippen LogP contribution in [0, 0.1) is 5.92 Å². The van der Waals surface area contributed by atoms with E-state index < -0.39 is 6.10 Å². The highest BCUT2D eigenvalue weighted by molar-refractivity contribution is 5.78. The van der Waals surface area contributed by atoms with Crippen LogP contribution in [0.3, 0.4) is 0 Å². The number of likely N-dealkylation sites (tertiary alicyclic amines) is 1. The van der Waals surface area contributed by atoms with Crippen molar-refractivity contribution in [1.29, 1.82) is 0 Å². The molecule has 0 aliphatic carbocycles. The molecule has 1 heterocycles. The van der Waals surface area contributed by atoms with Gasteiger partial charge < -0.3 is 10.0 Å². The van der Waals surface area contributed by atoms with Gasteiger partial charge >= 0.3 is 0 Å². The van der Waals surface area contributed by atoms with Crippen molar-refractivity contribution < 1.29 is 9.90 Å². The number of aliphatic hydroxyl groups is 1. The topological polar surface area (TPSA) is 40.5 Å². The Kier molecular flexibility index (Phi) is 3.09. The SMILES string of the molecule is CCC1CC(=O)N(CC(C)O)C1. The Labute approximate surface area is 73.4 Å². The third-order valence-electron chi connectivity index (χ3n) is 2.36. The molecule has 1 fully saturated rings. The maximum atomic E-state index is 11.3. The first kappa shape index (κ1) is 9.52. The Morgan fingerprint density at radius 2 is 2.42 bits per heavy atom. The highest BCUT2D eigenvalue weighted by Crippen LogP contribution is 2.20. The fraction of sp³-hybridized carbons (Fsp3) is 0.889. The van der Waals surface area contributed by atoms with E-state index in [0.29, 0.717) is 18.9 Å². The van der Waals surface area contributed by atoms with Gasteiger partial charge in [-0.2, -0.15) is 0 Å². The molecule has 1 rings (SSSR count). The number of aliphatic hydroxyl groups excluding tert-OH is 1. The molecule has 0 aromatic rings. The molecule has 3 nitrogen and oxygen atoms in total. The Bertz CT molecular complexity index is 168. The lowest BCUT2D eigenvalue weighted by Crippen LogP contribution is -2.32. The maximum Gasteiger partial charge on any atom is 0.223 e. The molecule has 0 radical (unpaired) electrons. The van der Waals surface area contributed by atoms with Crippen molar-refractivity contribution in [2.24, 2.45) is 5.92 Å². The molecule has 0 aromatic carbocycles. The molecule has 1 amide bonds. The normalized spacial score (nSPS) is 26.4. The van der Waals surface area contributed by atoms with Crippen molar-refractivity contribution in [3.63, 3.8) is 0 Å². The Morgan fingerprint density at radius 1 is 1.75 bits per heavy atom. The van der Waals surface area contributed by atoms with Crippen molar-refractivity contribution in [3.8, 4) is 0 Å². The van der Waals surface area contributed by atoms with E-state index in [9.17, 15) is 4.79 Å². The van der Waals surface area contributed by atoms with Crippen LogP contribution < -0.4 is 0 Å². The summed E-state index contributed by atoms with van der Waals surface area (Å²) in [6.07, 6.45) is 1.33. The summed E-state index contributed by atoms with van der Waals surface area (Å²) in [7, 11) is 0. The number of rotatable bonds is 3. The average molecular weight is 171 g/mol. The van der Waals surface area contributed by atoms with Gasteiger partial charge in [0.25, 0.3) is 0 Å². The van der Waals surface area contributed by atoms with Crippen LogP contribution >= 0.6 is 0 Å². The smallest absolute Gasteiger partial charge is 0.223 e. The third-order valence-corrected chi connectivity index (χ3v) is 2.36. The minimum atomic E-state index is -0.399. The molecule has 0 aromatic heterocycles. The molecular formula is C9H17NO2. The number of nitrogens with zero attached hydrogens (tertiary/aromatic N) is 1. The predicted octanol–water partition coefficient (Wildman–Crippen LogP) is 0.626. The van der Waals surface area contributed by atoms with Crippen LogP contribution in [0.4, 0.5) is 0 Å². The molecule has 3 heteroatoms. The van der Waals surface area contributed by atoms with Gasteiger partial charge in [-0.25, -0.2) is 0 Å². The van der Waals surface area contributed by atoms with E-state index >= 15 is 0 Å². The van der Waals surface area contributed by atoms with Gasteiger partial charge in [-0.15, -0.1) is 0 Å². The first-order chi connectivity index (χ1) is 5.63. The summed E-state index contributed by atoms with van der Waals surface area (Å²) < 4.78 is 0. The van der Waals surface area contributed by atoms with Gasteiger partial charge in [0.05, 0.1) is 6.10 Å². The number of β-amino-alcohol motifs (C(OH)–C–C–N with tert-alkyl or cyclic N) is 1. The standard InChI is InChI=1S/C9H17NO2/c1-3-8-4-9(12)10(6-8)5-7(2)11/h7-8,11H,3-6H2,1-2H3. The van der Waals surface area contributed by atoms with Crippen molar-refractivity contribution >= 4 is 5.91 Å². The van der Waals surface area contributed by atoms with Crippen molar-refractivity contribution in [3.05, 3.63) is 0 Å². The van der Waals surface area contributed by atoms with Crippen molar-refractivity contribution in [2.45, 2.75) is 32.8 Å². The van der Waals surface area contributed by atoms with Gasteiger partial charge in [-0.1, -0.05) is 13.3 Å². The summed E-state index contributed by atoms with van der Waals surface area (Å²) in [6, 6.07) is 0. The van der Waals surface area contributed by atoms with Crippen LogP contribution in [0.25, 0.3) is 0 Å². The molecule has 0 spiro atoms. The van der Waals surface area contributed by atoms with E-state index in [-0.39, 0.29) is 5.91 Å². The quantitative estimate of drug-likeness (QED) is 0.676. The molecule has 70 valence electrons. The van der Waals surface area contributed by atoms with Crippen LogP contribution in [-0.2, 0) is 4.79 Å². The maximum absolute atomic E-state index is 11.3. The zero-order valence-electron chi connectivity index (χ0n) is 7.79.